The monoisotopic (exact) mass is 522 g/mol. The van der Waals surface area contributed by atoms with Crippen molar-refractivity contribution in [2.75, 3.05) is 17.7 Å². The topological polar surface area (TPSA) is 108 Å². The van der Waals surface area contributed by atoms with Crippen LogP contribution in [0, 0.1) is 23.6 Å². The molecule has 2 aliphatic rings. The third-order valence-corrected chi connectivity index (χ3v) is 6.32. The van der Waals surface area contributed by atoms with Gasteiger partial charge in [0, 0.05) is 30.7 Å². The summed E-state index contributed by atoms with van der Waals surface area (Å²) in [6.45, 7) is 7.04. The highest BCUT2D eigenvalue weighted by atomic mass is 19.1. The Bertz CT molecular complexity index is 1240. The standard InChI is InChI=1S/C28H35FN6O3/c1-17(35(5)27(37)38-28(2,3)4)25(36)32-23-13-18(14-23)9-10-19-16-30-26(34-24(19)31-21-11-12-21)33-22-8-6-7-20(29)15-22/h6-8,15-18,21,23H,11-14H2,1-5H3,(H,32,36)(H2,30,31,33,34)/t17-,18-,23+/m0/s1. The lowest BCUT2D eigenvalue weighted by Crippen LogP contribution is -2.52. The van der Waals surface area contributed by atoms with Crippen molar-refractivity contribution in [2.24, 2.45) is 5.92 Å². The maximum Gasteiger partial charge on any atom is 0.410 e. The fourth-order valence-corrected chi connectivity index (χ4v) is 3.78. The number of benzene rings is 1. The molecule has 2 aliphatic carbocycles. The second-order valence-corrected chi connectivity index (χ2v) is 10.9. The first kappa shape index (κ1) is 27.2. The van der Waals surface area contributed by atoms with Crippen molar-refractivity contribution in [3.05, 3.63) is 41.8 Å². The van der Waals surface area contributed by atoms with E-state index < -0.39 is 17.7 Å². The van der Waals surface area contributed by atoms with Crippen LogP contribution in [-0.2, 0) is 9.53 Å². The van der Waals surface area contributed by atoms with Crippen LogP contribution in [-0.4, -0.2) is 57.6 Å². The number of likely N-dealkylation sites (N-methyl/N-ethyl adjacent to an activating group) is 1. The number of nitrogens with zero attached hydrogens (tertiary/aromatic N) is 3. The van der Waals surface area contributed by atoms with Crippen molar-refractivity contribution in [1.82, 2.24) is 20.2 Å². The van der Waals surface area contributed by atoms with Crippen LogP contribution in [0.4, 0.5) is 26.6 Å². The molecule has 2 saturated carbocycles. The van der Waals surface area contributed by atoms with Crippen LogP contribution in [0.15, 0.2) is 30.5 Å². The Morgan fingerprint density at radius 2 is 1.95 bits per heavy atom. The predicted molar refractivity (Wildman–Crippen MR) is 143 cm³/mol. The molecule has 1 aromatic heterocycles. The largest absolute Gasteiger partial charge is 0.444 e. The summed E-state index contributed by atoms with van der Waals surface area (Å²) in [5.74, 6) is 7.05. The summed E-state index contributed by atoms with van der Waals surface area (Å²) < 4.78 is 18.9. The molecule has 0 saturated heterocycles. The van der Waals surface area contributed by atoms with Crippen molar-refractivity contribution in [1.29, 1.82) is 0 Å². The molecule has 0 bridgehead atoms. The number of aromatic nitrogens is 2. The normalized spacial score (nSPS) is 19.2. The Hall–Kier alpha value is -3.87. The van der Waals surface area contributed by atoms with Gasteiger partial charge < -0.3 is 20.7 Å². The summed E-state index contributed by atoms with van der Waals surface area (Å²) in [5.41, 5.74) is 0.635. The number of nitrogens with one attached hydrogen (secondary N) is 3. The molecule has 2 fully saturated rings. The average molecular weight is 523 g/mol. The Balaban J connectivity index is 1.32. The van der Waals surface area contributed by atoms with Crippen LogP contribution >= 0.6 is 0 Å². The number of hydrogen-bond acceptors (Lipinski definition) is 7. The van der Waals surface area contributed by atoms with E-state index in [2.05, 4.69) is 37.8 Å². The predicted octanol–water partition coefficient (Wildman–Crippen LogP) is 4.44. The van der Waals surface area contributed by atoms with E-state index in [-0.39, 0.29) is 23.7 Å². The van der Waals surface area contributed by atoms with Crippen LogP contribution in [0.5, 0.6) is 0 Å². The number of rotatable bonds is 7. The van der Waals surface area contributed by atoms with E-state index in [4.69, 9.17) is 4.74 Å². The first-order chi connectivity index (χ1) is 18.0. The second kappa shape index (κ2) is 11.3. The van der Waals surface area contributed by atoms with Gasteiger partial charge in [0.15, 0.2) is 0 Å². The van der Waals surface area contributed by atoms with Crippen LogP contribution in [0.2, 0.25) is 0 Å². The number of halogens is 1. The van der Waals surface area contributed by atoms with Crippen LogP contribution < -0.4 is 16.0 Å². The number of carbonyl (C=O) groups is 2. The highest BCUT2D eigenvalue weighted by molar-refractivity contribution is 5.85. The van der Waals surface area contributed by atoms with Gasteiger partial charge in [-0.25, -0.2) is 14.2 Å². The summed E-state index contributed by atoms with van der Waals surface area (Å²) in [6.07, 6.45) is 4.75. The Morgan fingerprint density at radius 3 is 2.61 bits per heavy atom. The molecule has 2 aromatic rings. The van der Waals surface area contributed by atoms with Gasteiger partial charge in [0.05, 0.1) is 11.8 Å². The van der Waals surface area contributed by atoms with Crippen molar-refractivity contribution in [3.63, 3.8) is 0 Å². The lowest BCUT2D eigenvalue weighted by atomic mass is 9.80. The number of amides is 2. The fraction of sp³-hybridized carbons (Fsp3) is 0.500. The van der Waals surface area contributed by atoms with E-state index in [1.807, 2.05) is 0 Å². The molecule has 0 radical (unpaired) electrons. The van der Waals surface area contributed by atoms with Gasteiger partial charge in [0.25, 0.3) is 0 Å². The number of ether oxygens (including phenoxy) is 1. The SMILES string of the molecule is C[C@@H](C(=O)N[C@H]1C[C@@H](C#Cc2cnc(Nc3cccc(F)c3)nc2NC2CC2)C1)N(C)C(=O)OC(C)(C)C. The van der Waals surface area contributed by atoms with E-state index >= 15 is 0 Å². The fourth-order valence-electron chi connectivity index (χ4n) is 3.78. The first-order valence-corrected chi connectivity index (χ1v) is 12.9. The van der Waals surface area contributed by atoms with Gasteiger partial charge in [-0.05, 0) is 71.6 Å². The first-order valence-electron chi connectivity index (χ1n) is 12.9. The summed E-state index contributed by atoms with van der Waals surface area (Å²) >= 11 is 0. The number of anilines is 3. The molecular formula is C28H35FN6O3. The molecule has 202 valence electrons. The van der Waals surface area contributed by atoms with E-state index in [0.29, 0.717) is 29.1 Å². The summed E-state index contributed by atoms with van der Waals surface area (Å²) in [6, 6.07) is 5.86. The second-order valence-electron chi connectivity index (χ2n) is 10.9. The molecule has 0 aliphatic heterocycles. The molecule has 38 heavy (non-hydrogen) atoms. The van der Waals surface area contributed by atoms with E-state index in [9.17, 15) is 14.0 Å². The molecule has 1 heterocycles. The highest BCUT2D eigenvalue weighted by Gasteiger charge is 2.33. The molecule has 4 rings (SSSR count). The van der Waals surface area contributed by atoms with Crippen molar-refractivity contribution >= 4 is 29.5 Å². The maximum absolute atomic E-state index is 13.5. The van der Waals surface area contributed by atoms with Gasteiger partial charge in [-0.2, -0.15) is 4.98 Å². The van der Waals surface area contributed by atoms with E-state index in [0.717, 1.165) is 25.7 Å². The Kier molecular flexibility index (Phi) is 8.05. The maximum atomic E-state index is 13.5. The Labute approximate surface area is 222 Å². The van der Waals surface area contributed by atoms with Crippen molar-refractivity contribution in [3.8, 4) is 11.8 Å². The van der Waals surface area contributed by atoms with Gasteiger partial charge in [0.2, 0.25) is 11.9 Å². The zero-order valence-corrected chi connectivity index (χ0v) is 22.5. The molecule has 1 atom stereocenters. The lowest BCUT2D eigenvalue weighted by molar-refractivity contribution is -0.126. The molecule has 3 N–H and O–H groups in total. The van der Waals surface area contributed by atoms with Crippen molar-refractivity contribution in [2.45, 2.75) is 77.1 Å². The van der Waals surface area contributed by atoms with Crippen LogP contribution in [0.25, 0.3) is 0 Å². The van der Waals surface area contributed by atoms with E-state index in [1.165, 1.54) is 17.0 Å². The smallest absolute Gasteiger partial charge is 0.410 e. The summed E-state index contributed by atoms with van der Waals surface area (Å²) in [4.78, 5) is 35.1. The number of carbonyl (C=O) groups excluding carboxylic acids is 2. The van der Waals surface area contributed by atoms with Gasteiger partial charge >= 0.3 is 6.09 Å². The van der Waals surface area contributed by atoms with Crippen LogP contribution in [0.1, 0.15) is 58.9 Å². The highest BCUT2D eigenvalue weighted by Crippen LogP contribution is 2.29. The Morgan fingerprint density at radius 1 is 1.21 bits per heavy atom. The zero-order valence-electron chi connectivity index (χ0n) is 22.5. The zero-order chi connectivity index (χ0) is 27.4. The average Bonchev–Trinajstić information content (AvgIpc) is 3.63. The number of hydrogen-bond donors (Lipinski definition) is 3. The minimum Gasteiger partial charge on any atom is -0.444 e. The van der Waals surface area contributed by atoms with Gasteiger partial charge in [0.1, 0.15) is 23.3 Å². The van der Waals surface area contributed by atoms with E-state index in [1.54, 1.807) is 53.1 Å². The molecule has 1 aromatic carbocycles. The van der Waals surface area contributed by atoms with Gasteiger partial charge in [-0.3, -0.25) is 9.69 Å². The summed E-state index contributed by atoms with van der Waals surface area (Å²) in [7, 11) is 1.56. The third-order valence-electron chi connectivity index (χ3n) is 6.32. The summed E-state index contributed by atoms with van der Waals surface area (Å²) in [5, 5.41) is 9.42. The van der Waals surface area contributed by atoms with Crippen LogP contribution in [0.3, 0.4) is 0 Å². The molecule has 0 unspecified atom stereocenters. The molecule has 0 spiro atoms. The lowest BCUT2D eigenvalue weighted by Gasteiger charge is -2.34. The van der Waals surface area contributed by atoms with Crippen molar-refractivity contribution < 1.29 is 18.7 Å². The molecule has 9 nitrogen and oxygen atoms in total. The third kappa shape index (κ3) is 7.57. The molecule has 10 heteroatoms. The minimum absolute atomic E-state index is 0.00874. The molecule has 2 amide bonds. The quantitative estimate of drug-likeness (QED) is 0.462. The van der Waals surface area contributed by atoms with Gasteiger partial charge in [-0.1, -0.05) is 17.9 Å². The molecular weight excluding hydrogens is 487 g/mol. The van der Waals surface area contributed by atoms with Gasteiger partial charge in [-0.15, -0.1) is 0 Å². The minimum atomic E-state index is -0.650.